The van der Waals surface area contributed by atoms with Gasteiger partial charge in [-0.25, -0.2) is 4.98 Å². The maximum atomic E-state index is 12.4. The molecule has 0 atom stereocenters. The Balaban J connectivity index is 1.72. The first-order valence-electron chi connectivity index (χ1n) is 7.49. The molecule has 7 nitrogen and oxygen atoms in total. The summed E-state index contributed by atoms with van der Waals surface area (Å²) in [7, 11) is 1.36. The summed E-state index contributed by atoms with van der Waals surface area (Å²) in [6.45, 7) is 0.764. The van der Waals surface area contributed by atoms with Crippen LogP contribution in [0.3, 0.4) is 0 Å². The highest BCUT2D eigenvalue weighted by molar-refractivity contribution is 7.98. The van der Waals surface area contributed by atoms with Crippen molar-refractivity contribution in [1.29, 1.82) is 0 Å². The van der Waals surface area contributed by atoms with E-state index >= 15 is 0 Å². The van der Waals surface area contributed by atoms with Gasteiger partial charge in [-0.3, -0.25) is 0 Å². The maximum absolute atomic E-state index is 12.4. The summed E-state index contributed by atoms with van der Waals surface area (Å²) in [5.74, 6) is 1.91. The molecule has 0 aliphatic carbocycles. The molecule has 10 heteroatoms. The van der Waals surface area contributed by atoms with E-state index in [-0.39, 0.29) is 11.5 Å². The summed E-state index contributed by atoms with van der Waals surface area (Å²) in [5.41, 5.74) is 1.38. The molecule has 0 fully saturated rings. The molecule has 0 unspecified atom stereocenters. The van der Waals surface area contributed by atoms with E-state index in [1.54, 1.807) is 6.07 Å². The number of hydrogen-bond donors (Lipinski definition) is 0. The Hall–Kier alpha value is -2.62. The number of aromatic nitrogens is 3. The van der Waals surface area contributed by atoms with E-state index in [2.05, 4.69) is 19.9 Å². The Labute approximate surface area is 151 Å². The van der Waals surface area contributed by atoms with E-state index in [9.17, 15) is 8.78 Å². The molecule has 0 aliphatic rings. The van der Waals surface area contributed by atoms with Crippen molar-refractivity contribution in [2.75, 3.05) is 7.11 Å². The van der Waals surface area contributed by atoms with E-state index in [0.29, 0.717) is 28.3 Å². The molecule has 26 heavy (non-hydrogen) atoms. The third-order valence-electron chi connectivity index (χ3n) is 3.43. The van der Waals surface area contributed by atoms with Gasteiger partial charge in [-0.2, -0.15) is 13.8 Å². The van der Waals surface area contributed by atoms with Crippen LogP contribution in [0.4, 0.5) is 8.78 Å². The van der Waals surface area contributed by atoms with Crippen molar-refractivity contribution in [3.8, 4) is 22.9 Å². The topological polar surface area (TPSA) is 83.4 Å². The Bertz CT molecular complexity index is 878. The Morgan fingerprint density at radius 1 is 1.19 bits per heavy atom. The summed E-state index contributed by atoms with van der Waals surface area (Å²) < 4.78 is 44.9. The maximum Gasteiger partial charge on any atom is 0.387 e. The predicted molar refractivity (Wildman–Crippen MR) is 88.5 cm³/mol. The quantitative estimate of drug-likeness (QED) is 0.560. The zero-order chi connectivity index (χ0) is 18.7. The minimum absolute atomic E-state index is 0.0693. The van der Waals surface area contributed by atoms with E-state index in [1.807, 2.05) is 13.8 Å². The van der Waals surface area contributed by atoms with Crippen LogP contribution >= 0.6 is 11.8 Å². The molecular weight excluding hydrogens is 368 g/mol. The fourth-order valence-electron chi connectivity index (χ4n) is 2.06. The van der Waals surface area contributed by atoms with Crippen LogP contribution in [0.1, 0.15) is 17.3 Å². The Kier molecular flexibility index (Phi) is 5.40. The number of methoxy groups -OCH3 is 1. The number of ether oxygens (including phenoxy) is 2. The minimum Gasteiger partial charge on any atom is -0.493 e. The van der Waals surface area contributed by atoms with Gasteiger partial charge in [0.15, 0.2) is 11.5 Å². The zero-order valence-electron chi connectivity index (χ0n) is 14.2. The van der Waals surface area contributed by atoms with Gasteiger partial charge in [0.2, 0.25) is 11.7 Å². The number of rotatable bonds is 7. The number of halogens is 2. The average molecular weight is 383 g/mol. The van der Waals surface area contributed by atoms with Crippen LogP contribution in [0.25, 0.3) is 11.4 Å². The summed E-state index contributed by atoms with van der Waals surface area (Å²) in [4.78, 5) is 8.54. The normalized spacial score (nSPS) is 11.2. The highest BCUT2D eigenvalue weighted by Gasteiger charge is 2.15. The molecule has 0 bridgehead atoms. The number of benzene rings is 1. The fraction of sp³-hybridized carbons (Fsp3) is 0.312. The van der Waals surface area contributed by atoms with E-state index in [0.717, 1.165) is 11.5 Å². The highest BCUT2D eigenvalue weighted by Crippen LogP contribution is 2.33. The third kappa shape index (κ3) is 4.13. The average Bonchev–Trinajstić information content (AvgIpc) is 3.20. The van der Waals surface area contributed by atoms with Crippen molar-refractivity contribution in [2.45, 2.75) is 31.4 Å². The first-order chi connectivity index (χ1) is 12.5. The van der Waals surface area contributed by atoms with Crippen LogP contribution in [0.5, 0.6) is 11.5 Å². The van der Waals surface area contributed by atoms with Gasteiger partial charge in [0.25, 0.3) is 5.22 Å². The van der Waals surface area contributed by atoms with Gasteiger partial charge < -0.3 is 18.4 Å². The van der Waals surface area contributed by atoms with Gasteiger partial charge in [-0.05, 0) is 32.0 Å². The molecule has 0 N–H and O–H groups in total. The fourth-order valence-corrected chi connectivity index (χ4v) is 2.81. The number of alkyl halides is 2. The standard InChI is InChI=1S/C16H15F2N3O4S/c1-8-9(2)23-16(19-8)26-7-13-20-14(21-25-13)10-4-5-11(24-15(17)18)12(6-10)22-3/h4-6,15H,7H2,1-3H3. The number of oxazole rings is 1. The molecule has 2 aromatic heterocycles. The van der Waals surface area contributed by atoms with Gasteiger partial charge in [0.05, 0.1) is 18.6 Å². The summed E-state index contributed by atoms with van der Waals surface area (Å²) in [6, 6.07) is 4.41. The molecular formula is C16H15F2N3O4S. The first-order valence-corrected chi connectivity index (χ1v) is 8.47. The van der Waals surface area contributed by atoms with Crippen LogP contribution in [0.2, 0.25) is 0 Å². The van der Waals surface area contributed by atoms with Crippen molar-refractivity contribution in [3.05, 3.63) is 35.5 Å². The molecule has 0 saturated carbocycles. The highest BCUT2D eigenvalue weighted by atomic mass is 32.2. The van der Waals surface area contributed by atoms with Crippen LogP contribution in [-0.4, -0.2) is 28.8 Å². The molecule has 3 rings (SSSR count). The lowest BCUT2D eigenvalue weighted by atomic mass is 10.2. The molecule has 0 radical (unpaired) electrons. The molecule has 138 valence electrons. The lowest BCUT2D eigenvalue weighted by Crippen LogP contribution is -2.03. The van der Waals surface area contributed by atoms with Gasteiger partial charge in [-0.1, -0.05) is 16.9 Å². The molecule has 0 amide bonds. The number of nitrogens with zero attached hydrogens (tertiary/aromatic N) is 3. The van der Waals surface area contributed by atoms with Crippen LogP contribution in [-0.2, 0) is 5.75 Å². The Morgan fingerprint density at radius 3 is 2.65 bits per heavy atom. The monoisotopic (exact) mass is 383 g/mol. The van der Waals surface area contributed by atoms with Crippen molar-refractivity contribution >= 4 is 11.8 Å². The van der Waals surface area contributed by atoms with Crippen LogP contribution in [0.15, 0.2) is 32.4 Å². The van der Waals surface area contributed by atoms with Crippen LogP contribution < -0.4 is 9.47 Å². The summed E-state index contributed by atoms with van der Waals surface area (Å²) in [6.07, 6.45) is 0. The summed E-state index contributed by atoms with van der Waals surface area (Å²) in [5, 5.41) is 4.42. The molecule has 0 aliphatic heterocycles. The minimum atomic E-state index is -2.94. The zero-order valence-corrected chi connectivity index (χ0v) is 15.0. The largest absolute Gasteiger partial charge is 0.493 e. The van der Waals surface area contributed by atoms with Gasteiger partial charge >= 0.3 is 6.61 Å². The lowest BCUT2D eigenvalue weighted by molar-refractivity contribution is -0.0512. The Morgan fingerprint density at radius 2 is 2.00 bits per heavy atom. The molecule has 0 saturated heterocycles. The lowest BCUT2D eigenvalue weighted by Gasteiger charge is -2.10. The smallest absolute Gasteiger partial charge is 0.387 e. The predicted octanol–water partition coefficient (Wildman–Crippen LogP) is 4.24. The van der Waals surface area contributed by atoms with Gasteiger partial charge in [0, 0.05) is 5.56 Å². The van der Waals surface area contributed by atoms with Crippen LogP contribution in [0, 0.1) is 13.8 Å². The van der Waals surface area contributed by atoms with Gasteiger partial charge in [-0.15, -0.1) is 0 Å². The SMILES string of the molecule is COc1cc(-c2noc(CSc3nc(C)c(C)o3)n2)ccc1OC(F)F. The van der Waals surface area contributed by atoms with E-state index < -0.39 is 6.61 Å². The second kappa shape index (κ2) is 7.73. The summed E-state index contributed by atoms with van der Waals surface area (Å²) >= 11 is 1.33. The molecule has 1 aromatic carbocycles. The molecule has 0 spiro atoms. The number of aryl methyl sites for hydroxylation is 2. The van der Waals surface area contributed by atoms with Crippen molar-refractivity contribution in [3.63, 3.8) is 0 Å². The van der Waals surface area contributed by atoms with Crippen molar-refractivity contribution in [1.82, 2.24) is 15.1 Å². The second-order valence-corrected chi connectivity index (χ2v) is 6.09. The number of hydrogen-bond acceptors (Lipinski definition) is 8. The molecule has 3 aromatic rings. The van der Waals surface area contributed by atoms with Gasteiger partial charge in [0.1, 0.15) is 5.76 Å². The third-order valence-corrected chi connectivity index (χ3v) is 4.25. The first kappa shape index (κ1) is 18.2. The van der Waals surface area contributed by atoms with Crippen molar-refractivity contribution in [2.24, 2.45) is 0 Å². The number of thioether (sulfide) groups is 1. The molecule has 2 heterocycles. The second-order valence-electron chi connectivity index (χ2n) is 5.17. The van der Waals surface area contributed by atoms with E-state index in [1.165, 1.54) is 31.0 Å². The van der Waals surface area contributed by atoms with E-state index in [4.69, 9.17) is 13.7 Å². The van der Waals surface area contributed by atoms with Crippen molar-refractivity contribution < 1.29 is 27.2 Å².